The number of nitrogens with zero attached hydrogens (tertiary/aromatic N) is 3. The Kier molecular flexibility index (Phi) is 5.09. The fourth-order valence-electron chi connectivity index (χ4n) is 3.67. The minimum atomic E-state index is -0.127. The van der Waals surface area contributed by atoms with E-state index >= 15 is 0 Å². The van der Waals surface area contributed by atoms with Gasteiger partial charge in [0.1, 0.15) is 0 Å². The number of hydrogen-bond acceptors (Lipinski definition) is 4. The Morgan fingerprint density at radius 2 is 1.81 bits per heavy atom. The predicted molar refractivity (Wildman–Crippen MR) is 99.3 cm³/mol. The first-order valence-corrected chi connectivity index (χ1v) is 9.54. The largest absolute Gasteiger partial charge is 0.459 e. The van der Waals surface area contributed by atoms with E-state index in [0.717, 1.165) is 18.5 Å². The third-order valence-electron chi connectivity index (χ3n) is 5.24. The molecule has 3 heterocycles. The molecule has 0 aromatic carbocycles. The van der Waals surface area contributed by atoms with E-state index in [1.165, 1.54) is 30.4 Å². The summed E-state index contributed by atoms with van der Waals surface area (Å²) in [5.74, 6) is 0.213. The summed E-state index contributed by atoms with van der Waals surface area (Å²) in [6, 6.07) is 7.39. The molecule has 2 aromatic heterocycles. The van der Waals surface area contributed by atoms with Crippen molar-refractivity contribution in [3.8, 4) is 0 Å². The molecule has 1 aliphatic heterocycles. The molecule has 0 atom stereocenters. The number of hydrogen-bond donors (Lipinski definition) is 1. The quantitative estimate of drug-likeness (QED) is 0.901. The molecule has 0 bridgehead atoms. The van der Waals surface area contributed by atoms with Gasteiger partial charge >= 0.3 is 6.03 Å². The highest BCUT2D eigenvalue weighted by Gasteiger charge is 2.26. The highest BCUT2D eigenvalue weighted by molar-refractivity contribution is 5.91. The van der Waals surface area contributed by atoms with Crippen LogP contribution in [0.4, 0.5) is 4.79 Å². The van der Waals surface area contributed by atoms with Gasteiger partial charge in [0.25, 0.3) is 5.91 Å². The minimum absolute atomic E-state index is 0.111. The van der Waals surface area contributed by atoms with Crippen molar-refractivity contribution in [3.05, 3.63) is 53.2 Å². The van der Waals surface area contributed by atoms with Gasteiger partial charge in [0.05, 0.1) is 18.5 Å². The van der Waals surface area contributed by atoms with Crippen molar-refractivity contribution in [1.29, 1.82) is 0 Å². The zero-order valence-corrected chi connectivity index (χ0v) is 15.3. The molecule has 27 heavy (non-hydrogen) atoms. The second-order valence-electron chi connectivity index (χ2n) is 7.03. The summed E-state index contributed by atoms with van der Waals surface area (Å²) in [5, 5.41) is 2.95. The molecule has 7 heteroatoms. The fourth-order valence-corrected chi connectivity index (χ4v) is 3.67. The summed E-state index contributed by atoms with van der Waals surface area (Å²) in [7, 11) is 0. The maximum atomic E-state index is 12.4. The molecule has 3 amide bonds. The molecular formula is C20H24N4O3. The Morgan fingerprint density at radius 3 is 2.59 bits per heavy atom. The van der Waals surface area contributed by atoms with Crippen molar-refractivity contribution in [1.82, 2.24) is 20.1 Å². The van der Waals surface area contributed by atoms with Crippen LogP contribution in [0.15, 0.2) is 34.9 Å². The first-order valence-electron chi connectivity index (χ1n) is 9.54. The van der Waals surface area contributed by atoms with Crippen molar-refractivity contribution in [2.24, 2.45) is 0 Å². The number of fused-ring (bicyclic) bond motifs is 1. The van der Waals surface area contributed by atoms with Crippen LogP contribution in [-0.2, 0) is 19.4 Å². The summed E-state index contributed by atoms with van der Waals surface area (Å²) in [4.78, 5) is 32.9. The average molecular weight is 368 g/mol. The van der Waals surface area contributed by atoms with Crippen LogP contribution in [0.2, 0.25) is 0 Å². The van der Waals surface area contributed by atoms with Gasteiger partial charge < -0.3 is 19.5 Å². The van der Waals surface area contributed by atoms with Gasteiger partial charge in [-0.1, -0.05) is 6.07 Å². The number of pyridine rings is 1. The summed E-state index contributed by atoms with van der Waals surface area (Å²) in [6.45, 7) is 2.46. The Morgan fingerprint density at radius 1 is 1.04 bits per heavy atom. The van der Waals surface area contributed by atoms with E-state index in [1.807, 2.05) is 6.07 Å². The third-order valence-corrected chi connectivity index (χ3v) is 5.24. The summed E-state index contributed by atoms with van der Waals surface area (Å²) in [5.41, 5.74) is 3.42. The molecule has 142 valence electrons. The van der Waals surface area contributed by atoms with E-state index < -0.39 is 0 Å². The first-order chi connectivity index (χ1) is 13.2. The zero-order valence-electron chi connectivity index (χ0n) is 15.3. The molecule has 2 aromatic rings. The van der Waals surface area contributed by atoms with Gasteiger partial charge in [0.15, 0.2) is 5.76 Å². The second kappa shape index (κ2) is 7.82. The lowest BCUT2D eigenvalue weighted by atomic mass is 9.96. The van der Waals surface area contributed by atoms with E-state index in [0.29, 0.717) is 38.5 Å². The number of furan rings is 1. The predicted octanol–water partition coefficient (Wildman–Crippen LogP) is 2.22. The molecule has 1 N–H and O–H groups in total. The molecule has 4 rings (SSSR count). The number of carbonyl (C=O) groups is 2. The van der Waals surface area contributed by atoms with Crippen molar-refractivity contribution in [2.75, 3.05) is 26.2 Å². The number of urea groups is 1. The van der Waals surface area contributed by atoms with Crippen LogP contribution >= 0.6 is 0 Å². The van der Waals surface area contributed by atoms with Gasteiger partial charge in [-0.3, -0.25) is 9.78 Å². The molecule has 1 aliphatic carbocycles. The van der Waals surface area contributed by atoms with Crippen LogP contribution in [0, 0.1) is 0 Å². The number of aromatic nitrogens is 1. The number of piperazine rings is 1. The summed E-state index contributed by atoms with van der Waals surface area (Å²) < 4.78 is 5.16. The SMILES string of the molecule is O=C(NCc1ccc2c(n1)CCCC2)N1CCN(C(=O)c2ccco2)CC1. The average Bonchev–Trinajstić information content (AvgIpc) is 3.26. The lowest BCUT2D eigenvalue weighted by Gasteiger charge is -2.34. The van der Waals surface area contributed by atoms with Crippen molar-refractivity contribution >= 4 is 11.9 Å². The van der Waals surface area contributed by atoms with Gasteiger partial charge in [0.2, 0.25) is 0 Å². The Hall–Kier alpha value is -2.83. The Bertz CT molecular complexity index is 811. The van der Waals surface area contributed by atoms with E-state index in [9.17, 15) is 9.59 Å². The molecule has 0 spiro atoms. The molecular weight excluding hydrogens is 344 g/mol. The molecule has 0 saturated carbocycles. The smallest absolute Gasteiger partial charge is 0.317 e. The number of aryl methyl sites for hydroxylation is 2. The Balaban J connectivity index is 1.27. The van der Waals surface area contributed by atoms with E-state index in [2.05, 4.69) is 11.4 Å². The monoisotopic (exact) mass is 368 g/mol. The molecule has 2 aliphatic rings. The fraction of sp³-hybridized carbons (Fsp3) is 0.450. The highest BCUT2D eigenvalue weighted by Crippen LogP contribution is 2.19. The lowest BCUT2D eigenvalue weighted by molar-refractivity contribution is 0.0634. The van der Waals surface area contributed by atoms with Crippen LogP contribution in [-0.4, -0.2) is 52.9 Å². The van der Waals surface area contributed by atoms with E-state index in [1.54, 1.807) is 21.9 Å². The topological polar surface area (TPSA) is 78.7 Å². The molecule has 0 unspecified atom stereocenters. The van der Waals surface area contributed by atoms with Crippen LogP contribution in [0.5, 0.6) is 0 Å². The first kappa shape index (κ1) is 17.6. The van der Waals surface area contributed by atoms with Crippen molar-refractivity contribution in [2.45, 2.75) is 32.2 Å². The third kappa shape index (κ3) is 3.97. The summed E-state index contributed by atoms with van der Waals surface area (Å²) >= 11 is 0. The standard InChI is InChI=1S/C20H24N4O3/c25-19(18-6-3-13-27-18)23-9-11-24(12-10-23)20(26)21-14-16-8-7-15-4-1-2-5-17(15)22-16/h3,6-8,13H,1-2,4-5,9-12,14H2,(H,21,26). The second-order valence-corrected chi connectivity index (χ2v) is 7.03. The van der Waals surface area contributed by atoms with Crippen LogP contribution in [0.3, 0.4) is 0 Å². The molecule has 1 saturated heterocycles. The van der Waals surface area contributed by atoms with Gasteiger partial charge in [0, 0.05) is 31.9 Å². The normalized spacial score (nSPS) is 16.7. The zero-order chi connectivity index (χ0) is 18.6. The van der Waals surface area contributed by atoms with Gasteiger partial charge in [-0.05, 0) is 49.4 Å². The molecule has 1 fully saturated rings. The van der Waals surface area contributed by atoms with E-state index in [4.69, 9.17) is 9.40 Å². The summed E-state index contributed by atoms with van der Waals surface area (Å²) in [6.07, 6.45) is 6.06. The molecule has 7 nitrogen and oxygen atoms in total. The van der Waals surface area contributed by atoms with Crippen LogP contribution in [0.1, 0.15) is 40.3 Å². The minimum Gasteiger partial charge on any atom is -0.459 e. The molecule has 0 radical (unpaired) electrons. The van der Waals surface area contributed by atoms with Crippen molar-refractivity contribution in [3.63, 3.8) is 0 Å². The highest BCUT2D eigenvalue weighted by atomic mass is 16.3. The number of carbonyl (C=O) groups excluding carboxylic acids is 2. The number of rotatable bonds is 3. The van der Waals surface area contributed by atoms with Gasteiger partial charge in [-0.15, -0.1) is 0 Å². The van der Waals surface area contributed by atoms with Gasteiger partial charge in [-0.25, -0.2) is 4.79 Å². The maximum absolute atomic E-state index is 12.4. The van der Waals surface area contributed by atoms with Gasteiger partial charge in [-0.2, -0.15) is 0 Å². The van der Waals surface area contributed by atoms with Crippen LogP contribution in [0.25, 0.3) is 0 Å². The van der Waals surface area contributed by atoms with E-state index in [-0.39, 0.29) is 11.9 Å². The number of nitrogens with one attached hydrogen (secondary N) is 1. The Labute approximate surface area is 158 Å². The van der Waals surface area contributed by atoms with Crippen molar-refractivity contribution < 1.29 is 14.0 Å². The van der Waals surface area contributed by atoms with Crippen LogP contribution < -0.4 is 5.32 Å². The lowest BCUT2D eigenvalue weighted by Crippen LogP contribution is -2.53. The number of amides is 3. The maximum Gasteiger partial charge on any atom is 0.317 e.